The van der Waals surface area contributed by atoms with Crippen LogP contribution < -0.4 is 4.90 Å². The molecule has 0 aliphatic heterocycles. The first-order chi connectivity index (χ1) is 7.95. The van der Waals surface area contributed by atoms with E-state index in [1.807, 2.05) is 0 Å². The molecule has 0 saturated heterocycles. The summed E-state index contributed by atoms with van der Waals surface area (Å²) < 4.78 is 0. The van der Waals surface area contributed by atoms with Crippen LogP contribution in [0.25, 0.3) is 0 Å². The summed E-state index contributed by atoms with van der Waals surface area (Å²) in [6.45, 7) is 1.95. The van der Waals surface area contributed by atoms with Crippen LogP contribution in [0.1, 0.15) is 12.6 Å². The van der Waals surface area contributed by atoms with Crippen LogP contribution in [-0.2, 0) is 0 Å². The molecule has 1 aromatic rings. The molecular formula is C10H12N4O3. The van der Waals surface area contributed by atoms with Crippen LogP contribution in [0, 0.1) is 21.4 Å². The Morgan fingerprint density at radius 2 is 2.35 bits per heavy atom. The van der Waals surface area contributed by atoms with Crippen LogP contribution >= 0.6 is 0 Å². The normalized spacial score (nSPS) is 11.6. The van der Waals surface area contributed by atoms with Crippen molar-refractivity contribution in [3.63, 3.8) is 0 Å². The number of hydrogen-bond donors (Lipinski definition) is 1. The molecule has 0 bridgehead atoms. The molecule has 0 aliphatic carbocycles. The molecule has 0 spiro atoms. The third-order valence-electron chi connectivity index (χ3n) is 2.09. The Morgan fingerprint density at radius 3 is 2.82 bits per heavy atom. The highest BCUT2D eigenvalue weighted by Crippen LogP contribution is 2.19. The van der Waals surface area contributed by atoms with Gasteiger partial charge in [-0.15, -0.1) is 0 Å². The van der Waals surface area contributed by atoms with E-state index in [1.165, 1.54) is 12.1 Å². The van der Waals surface area contributed by atoms with Gasteiger partial charge in [0.05, 0.1) is 11.0 Å². The fourth-order valence-corrected chi connectivity index (χ4v) is 1.37. The van der Waals surface area contributed by atoms with Crippen LogP contribution in [0.3, 0.4) is 0 Å². The van der Waals surface area contributed by atoms with Crippen LogP contribution in [0.2, 0.25) is 0 Å². The standard InChI is InChI=1S/C10H12N4O3/c1-7(15)6-13(2)10-4-3-9(14(16)17)8(5-11)12-10/h3-4,7,15H,6H2,1-2H3. The quantitative estimate of drug-likeness (QED) is 0.609. The van der Waals surface area contributed by atoms with Gasteiger partial charge in [0.1, 0.15) is 11.9 Å². The van der Waals surface area contributed by atoms with E-state index in [0.29, 0.717) is 12.4 Å². The van der Waals surface area contributed by atoms with Crippen molar-refractivity contribution in [2.45, 2.75) is 13.0 Å². The highest BCUT2D eigenvalue weighted by molar-refractivity contribution is 5.51. The van der Waals surface area contributed by atoms with Gasteiger partial charge >= 0.3 is 5.69 Å². The van der Waals surface area contributed by atoms with Gasteiger partial charge in [0.2, 0.25) is 5.69 Å². The van der Waals surface area contributed by atoms with Gasteiger partial charge in [-0.1, -0.05) is 0 Å². The Labute approximate surface area is 98.1 Å². The van der Waals surface area contributed by atoms with E-state index in [1.54, 1.807) is 24.9 Å². The molecule has 1 atom stereocenters. The Balaban J connectivity index is 3.06. The van der Waals surface area contributed by atoms with Gasteiger partial charge in [0.15, 0.2) is 0 Å². The van der Waals surface area contributed by atoms with Crippen molar-refractivity contribution in [1.82, 2.24) is 4.98 Å². The number of pyridine rings is 1. The molecule has 0 saturated carbocycles. The van der Waals surface area contributed by atoms with Crippen LogP contribution in [0.5, 0.6) is 0 Å². The summed E-state index contributed by atoms with van der Waals surface area (Å²) in [7, 11) is 1.68. The van der Waals surface area contributed by atoms with Crippen molar-refractivity contribution in [3.8, 4) is 6.07 Å². The van der Waals surface area contributed by atoms with Gasteiger partial charge in [-0.3, -0.25) is 10.1 Å². The number of nitro groups is 1. The smallest absolute Gasteiger partial charge is 0.305 e. The highest BCUT2D eigenvalue weighted by atomic mass is 16.6. The van der Waals surface area contributed by atoms with Gasteiger partial charge < -0.3 is 10.0 Å². The monoisotopic (exact) mass is 236 g/mol. The molecule has 0 amide bonds. The van der Waals surface area contributed by atoms with Crippen molar-refractivity contribution in [2.75, 3.05) is 18.5 Å². The Bertz CT molecular complexity index is 467. The first kappa shape index (κ1) is 12.9. The number of aliphatic hydroxyl groups excluding tert-OH is 1. The first-order valence-electron chi connectivity index (χ1n) is 4.90. The molecule has 1 aromatic heterocycles. The van der Waals surface area contributed by atoms with Crippen LogP contribution in [0.15, 0.2) is 12.1 Å². The van der Waals surface area contributed by atoms with E-state index in [2.05, 4.69) is 4.98 Å². The van der Waals surface area contributed by atoms with Crippen molar-refractivity contribution in [1.29, 1.82) is 5.26 Å². The summed E-state index contributed by atoms with van der Waals surface area (Å²) in [6.07, 6.45) is -0.553. The Morgan fingerprint density at radius 1 is 1.71 bits per heavy atom. The average molecular weight is 236 g/mol. The molecule has 90 valence electrons. The first-order valence-corrected chi connectivity index (χ1v) is 4.90. The molecular weight excluding hydrogens is 224 g/mol. The van der Waals surface area contributed by atoms with E-state index in [0.717, 1.165) is 0 Å². The summed E-state index contributed by atoms with van der Waals surface area (Å²) in [5, 5.41) is 28.6. The molecule has 1 rings (SSSR count). The lowest BCUT2D eigenvalue weighted by Crippen LogP contribution is -2.27. The summed E-state index contributed by atoms with van der Waals surface area (Å²) in [6, 6.07) is 4.36. The highest BCUT2D eigenvalue weighted by Gasteiger charge is 2.17. The summed E-state index contributed by atoms with van der Waals surface area (Å²) in [5.74, 6) is 0.410. The fraction of sp³-hybridized carbons (Fsp3) is 0.400. The lowest BCUT2D eigenvalue weighted by atomic mass is 10.3. The number of anilines is 1. The molecule has 1 heterocycles. The Kier molecular flexibility index (Phi) is 3.96. The summed E-state index contributed by atoms with van der Waals surface area (Å²) in [4.78, 5) is 15.4. The fourth-order valence-electron chi connectivity index (χ4n) is 1.37. The summed E-state index contributed by atoms with van der Waals surface area (Å²) >= 11 is 0. The van der Waals surface area contributed by atoms with Gasteiger partial charge in [-0.2, -0.15) is 5.26 Å². The van der Waals surface area contributed by atoms with Gasteiger partial charge in [0.25, 0.3) is 0 Å². The molecule has 1 N–H and O–H groups in total. The number of hydrogen-bond acceptors (Lipinski definition) is 6. The zero-order valence-corrected chi connectivity index (χ0v) is 9.49. The minimum absolute atomic E-state index is 0.232. The van der Waals surface area contributed by atoms with Gasteiger partial charge in [0, 0.05) is 19.7 Å². The third kappa shape index (κ3) is 3.12. The predicted molar refractivity (Wildman–Crippen MR) is 60.6 cm³/mol. The largest absolute Gasteiger partial charge is 0.392 e. The van der Waals surface area contributed by atoms with Crippen LogP contribution in [0.4, 0.5) is 11.5 Å². The third-order valence-corrected chi connectivity index (χ3v) is 2.09. The molecule has 0 radical (unpaired) electrons. The minimum Gasteiger partial charge on any atom is -0.392 e. The molecule has 7 heteroatoms. The maximum atomic E-state index is 10.6. The topological polar surface area (TPSA) is 103 Å². The number of likely N-dealkylation sites (N-methyl/N-ethyl adjacent to an activating group) is 1. The number of nitriles is 1. The second-order valence-corrected chi connectivity index (χ2v) is 3.64. The van der Waals surface area contributed by atoms with E-state index >= 15 is 0 Å². The zero-order chi connectivity index (χ0) is 13.0. The van der Waals surface area contributed by atoms with Gasteiger partial charge in [-0.05, 0) is 13.0 Å². The van der Waals surface area contributed by atoms with Crippen molar-refractivity contribution < 1.29 is 10.0 Å². The number of nitrogens with zero attached hydrogens (tertiary/aromatic N) is 4. The molecule has 0 fully saturated rings. The number of aliphatic hydroxyl groups is 1. The molecule has 0 aromatic carbocycles. The van der Waals surface area contributed by atoms with E-state index in [9.17, 15) is 15.2 Å². The van der Waals surface area contributed by atoms with Crippen molar-refractivity contribution in [3.05, 3.63) is 27.9 Å². The minimum atomic E-state index is -0.649. The molecule has 1 unspecified atom stereocenters. The SMILES string of the molecule is CC(O)CN(C)c1ccc([N+](=O)[O-])c(C#N)n1. The second kappa shape index (κ2) is 5.23. The van der Waals surface area contributed by atoms with E-state index < -0.39 is 11.0 Å². The maximum Gasteiger partial charge on any atom is 0.305 e. The molecule has 7 nitrogen and oxygen atoms in total. The van der Waals surface area contributed by atoms with Gasteiger partial charge in [-0.25, -0.2) is 4.98 Å². The predicted octanol–water partition coefficient (Wildman–Crippen LogP) is 0.678. The second-order valence-electron chi connectivity index (χ2n) is 3.64. The number of aromatic nitrogens is 1. The van der Waals surface area contributed by atoms with Crippen molar-refractivity contribution in [2.24, 2.45) is 0 Å². The Hall–Kier alpha value is -2.20. The molecule has 0 aliphatic rings. The number of rotatable bonds is 4. The van der Waals surface area contributed by atoms with E-state index in [4.69, 9.17) is 5.26 Å². The van der Waals surface area contributed by atoms with Crippen LogP contribution in [-0.4, -0.2) is 34.7 Å². The van der Waals surface area contributed by atoms with Crippen molar-refractivity contribution >= 4 is 11.5 Å². The maximum absolute atomic E-state index is 10.6. The summed E-state index contributed by atoms with van der Waals surface area (Å²) in [5.41, 5.74) is -0.549. The lowest BCUT2D eigenvalue weighted by Gasteiger charge is -2.19. The zero-order valence-electron chi connectivity index (χ0n) is 9.49. The molecule has 17 heavy (non-hydrogen) atoms. The van der Waals surface area contributed by atoms with E-state index in [-0.39, 0.29) is 11.4 Å². The average Bonchev–Trinajstić information content (AvgIpc) is 2.27. The lowest BCUT2D eigenvalue weighted by molar-refractivity contribution is -0.385.